The van der Waals surface area contributed by atoms with Crippen LogP contribution >= 0.6 is 0 Å². The zero-order chi connectivity index (χ0) is 22.4. The van der Waals surface area contributed by atoms with E-state index in [-0.39, 0.29) is 32.1 Å². The molecule has 0 aromatic heterocycles. The van der Waals surface area contributed by atoms with Crippen molar-refractivity contribution in [2.75, 3.05) is 7.05 Å². The summed E-state index contributed by atoms with van der Waals surface area (Å²) in [5.41, 5.74) is -0.938. The normalized spacial score (nSPS) is 24.8. The number of hydroxylamine groups is 2. The monoisotopic (exact) mass is 430 g/mol. The number of amides is 3. The number of ether oxygens (including phenoxy) is 1. The summed E-state index contributed by atoms with van der Waals surface area (Å²) in [4.78, 5) is 54.6. The molecule has 1 heterocycles. The van der Waals surface area contributed by atoms with Crippen molar-refractivity contribution in [2.24, 2.45) is 0 Å². The van der Waals surface area contributed by atoms with Crippen LogP contribution in [0.3, 0.4) is 0 Å². The molecule has 1 aromatic rings. The van der Waals surface area contributed by atoms with Gasteiger partial charge in [0, 0.05) is 26.4 Å². The van der Waals surface area contributed by atoms with Gasteiger partial charge in [0.25, 0.3) is 11.8 Å². The molecule has 0 radical (unpaired) electrons. The van der Waals surface area contributed by atoms with Gasteiger partial charge in [-0.25, -0.2) is 9.59 Å². The number of benzene rings is 1. The van der Waals surface area contributed by atoms with Gasteiger partial charge in [-0.3, -0.25) is 9.59 Å². The Morgan fingerprint density at radius 2 is 1.84 bits per heavy atom. The van der Waals surface area contributed by atoms with Crippen molar-refractivity contribution in [1.82, 2.24) is 9.96 Å². The molecule has 0 bridgehead atoms. The van der Waals surface area contributed by atoms with E-state index in [2.05, 4.69) is 0 Å². The lowest BCUT2D eigenvalue weighted by molar-refractivity contribution is -0.212. The Labute approximate surface area is 180 Å². The molecule has 1 N–H and O–H groups in total. The maximum atomic E-state index is 12.5. The second-order valence-corrected chi connectivity index (χ2v) is 7.76. The fourth-order valence-electron chi connectivity index (χ4n) is 3.44. The summed E-state index contributed by atoms with van der Waals surface area (Å²) in [7, 11) is 1.62. The van der Waals surface area contributed by atoms with Gasteiger partial charge in [0.2, 0.25) is 0 Å². The standard InChI is InChI=1S/C22H26N2O7/c1-23(15-16-7-3-2-4-8-16)21(28)30-17-9-5-6-13-22(29,14-12-17)20(27)31-24-18(25)10-11-19(24)26/h2-5,7-9,17,29H,6,10-15H2,1H3/b9-5+/t17-,22-/m1/s1. The van der Waals surface area contributed by atoms with Crippen molar-refractivity contribution in [1.29, 1.82) is 0 Å². The highest BCUT2D eigenvalue weighted by Gasteiger charge is 2.43. The summed E-state index contributed by atoms with van der Waals surface area (Å²) in [5.74, 6) is -2.28. The molecular weight excluding hydrogens is 404 g/mol. The van der Waals surface area contributed by atoms with Crippen molar-refractivity contribution in [3.8, 4) is 0 Å². The number of imide groups is 1. The van der Waals surface area contributed by atoms with Crippen LogP contribution in [0.5, 0.6) is 0 Å². The summed E-state index contributed by atoms with van der Waals surface area (Å²) in [6.45, 7) is 0.379. The molecule has 2 aliphatic rings. The van der Waals surface area contributed by atoms with Crippen molar-refractivity contribution >= 4 is 23.9 Å². The van der Waals surface area contributed by atoms with E-state index in [0.717, 1.165) is 5.56 Å². The molecule has 1 saturated heterocycles. The Bertz CT molecular complexity index is 854. The number of hydrogen-bond acceptors (Lipinski definition) is 7. The van der Waals surface area contributed by atoms with Crippen LogP contribution in [-0.4, -0.2) is 57.7 Å². The first-order chi connectivity index (χ1) is 14.8. The summed E-state index contributed by atoms with van der Waals surface area (Å²) in [6.07, 6.45) is 2.75. The minimum absolute atomic E-state index is 0.0260. The van der Waals surface area contributed by atoms with Crippen LogP contribution in [0.2, 0.25) is 0 Å². The van der Waals surface area contributed by atoms with Crippen LogP contribution in [0.1, 0.15) is 44.1 Å². The average molecular weight is 430 g/mol. The molecule has 9 heteroatoms. The molecule has 1 aliphatic carbocycles. The second kappa shape index (κ2) is 9.74. The minimum atomic E-state index is -1.89. The Morgan fingerprint density at radius 3 is 2.52 bits per heavy atom. The Morgan fingerprint density at radius 1 is 1.16 bits per heavy atom. The molecule has 166 valence electrons. The largest absolute Gasteiger partial charge is 0.442 e. The topological polar surface area (TPSA) is 113 Å². The first-order valence-electron chi connectivity index (χ1n) is 10.2. The Balaban J connectivity index is 1.57. The molecular formula is C22H26N2O7. The van der Waals surface area contributed by atoms with Crippen molar-refractivity contribution < 1.29 is 33.9 Å². The van der Waals surface area contributed by atoms with Gasteiger partial charge < -0.3 is 19.6 Å². The molecule has 9 nitrogen and oxygen atoms in total. The van der Waals surface area contributed by atoms with Crippen molar-refractivity contribution in [3.63, 3.8) is 0 Å². The maximum Gasteiger partial charge on any atom is 0.410 e. The van der Waals surface area contributed by atoms with Gasteiger partial charge in [0.05, 0.1) is 0 Å². The van der Waals surface area contributed by atoms with Gasteiger partial charge in [-0.15, -0.1) is 5.06 Å². The molecule has 1 aromatic carbocycles. The fourth-order valence-corrected chi connectivity index (χ4v) is 3.44. The molecule has 0 spiro atoms. The molecule has 0 saturated carbocycles. The van der Waals surface area contributed by atoms with Crippen molar-refractivity contribution in [2.45, 2.75) is 56.8 Å². The van der Waals surface area contributed by atoms with E-state index in [0.29, 0.717) is 18.0 Å². The third-order valence-corrected chi connectivity index (χ3v) is 5.30. The van der Waals surface area contributed by atoms with Gasteiger partial charge in [-0.2, -0.15) is 0 Å². The van der Waals surface area contributed by atoms with E-state index >= 15 is 0 Å². The van der Waals surface area contributed by atoms with Crippen LogP contribution in [-0.2, 0) is 30.5 Å². The summed E-state index contributed by atoms with van der Waals surface area (Å²) >= 11 is 0. The third kappa shape index (κ3) is 5.69. The van der Waals surface area contributed by atoms with E-state index < -0.39 is 35.6 Å². The van der Waals surface area contributed by atoms with Gasteiger partial charge in [0.1, 0.15) is 6.10 Å². The number of hydrogen-bond donors (Lipinski definition) is 1. The average Bonchev–Trinajstić information content (AvgIpc) is 3.06. The highest BCUT2D eigenvalue weighted by molar-refractivity contribution is 6.01. The van der Waals surface area contributed by atoms with Crippen LogP contribution in [0.15, 0.2) is 42.5 Å². The number of nitrogens with zero attached hydrogens (tertiary/aromatic N) is 2. The first kappa shape index (κ1) is 22.5. The van der Waals surface area contributed by atoms with Crippen LogP contribution < -0.4 is 0 Å². The summed E-state index contributed by atoms with van der Waals surface area (Å²) in [6, 6.07) is 9.47. The zero-order valence-electron chi connectivity index (χ0n) is 17.4. The van der Waals surface area contributed by atoms with Crippen LogP contribution in [0, 0.1) is 0 Å². The molecule has 1 aliphatic heterocycles. The third-order valence-electron chi connectivity index (χ3n) is 5.30. The Hall–Kier alpha value is -3.20. The Kier molecular flexibility index (Phi) is 7.06. The smallest absolute Gasteiger partial charge is 0.410 e. The number of carbonyl (C=O) groups excluding carboxylic acids is 4. The number of aliphatic hydroxyl groups is 1. The maximum absolute atomic E-state index is 12.5. The highest BCUT2D eigenvalue weighted by Crippen LogP contribution is 2.28. The van der Waals surface area contributed by atoms with Crippen LogP contribution in [0.4, 0.5) is 4.79 Å². The molecule has 3 rings (SSSR count). The quantitative estimate of drug-likeness (QED) is 0.562. The first-order valence-corrected chi connectivity index (χ1v) is 10.2. The van der Waals surface area contributed by atoms with Crippen LogP contribution in [0.25, 0.3) is 0 Å². The fraction of sp³-hybridized carbons (Fsp3) is 0.455. The van der Waals surface area contributed by atoms with E-state index in [1.54, 1.807) is 19.2 Å². The molecule has 0 unspecified atom stereocenters. The lowest BCUT2D eigenvalue weighted by atomic mass is 9.88. The van der Waals surface area contributed by atoms with Crippen molar-refractivity contribution in [3.05, 3.63) is 48.0 Å². The van der Waals surface area contributed by atoms with Gasteiger partial charge in [-0.1, -0.05) is 36.4 Å². The van der Waals surface area contributed by atoms with Gasteiger partial charge >= 0.3 is 12.1 Å². The predicted octanol–water partition coefficient (Wildman–Crippen LogP) is 2.09. The zero-order valence-corrected chi connectivity index (χ0v) is 17.4. The lowest BCUT2D eigenvalue weighted by Crippen LogP contribution is -2.46. The number of rotatable bonds is 5. The molecule has 2 atom stereocenters. The summed E-state index contributed by atoms with van der Waals surface area (Å²) in [5, 5.41) is 11.2. The SMILES string of the molecule is CN(Cc1ccccc1)C(=O)O[C@@H]1/C=C/CC[C@](O)(C(=O)ON2C(=O)CCC2=O)CC1. The minimum Gasteiger partial charge on any atom is -0.442 e. The highest BCUT2D eigenvalue weighted by atomic mass is 16.7. The van der Waals surface area contributed by atoms with Gasteiger partial charge in [-0.05, 0) is 37.3 Å². The van der Waals surface area contributed by atoms with E-state index in [1.807, 2.05) is 30.3 Å². The molecule has 3 amide bonds. The number of allylic oxidation sites excluding steroid dienone is 1. The van der Waals surface area contributed by atoms with E-state index in [1.165, 1.54) is 4.90 Å². The van der Waals surface area contributed by atoms with E-state index in [4.69, 9.17) is 9.57 Å². The number of carbonyl (C=O) groups is 4. The summed E-state index contributed by atoms with van der Waals surface area (Å²) < 4.78 is 5.52. The van der Waals surface area contributed by atoms with E-state index in [9.17, 15) is 24.3 Å². The lowest BCUT2D eigenvalue weighted by Gasteiger charge is -2.30. The van der Waals surface area contributed by atoms with Gasteiger partial charge in [0.15, 0.2) is 5.60 Å². The molecule has 31 heavy (non-hydrogen) atoms. The second-order valence-electron chi connectivity index (χ2n) is 7.76. The molecule has 1 fully saturated rings. The predicted molar refractivity (Wildman–Crippen MR) is 108 cm³/mol.